The van der Waals surface area contributed by atoms with Gasteiger partial charge in [-0.3, -0.25) is 4.79 Å². The Kier molecular flexibility index (Phi) is 11.0. The van der Waals surface area contributed by atoms with Crippen molar-refractivity contribution >= 4 is 12.3 Å². The lowest BCUT2D eigenvalue weighted by Gasteiger charge is -2.00. The van der Waals surface area contributed by atoms with Gasteiger partial charge in [-0.15, -0.1) is 6.58 Å². The molecule has 0 saturated carbocycles. The lowest BCUT2D eigenvalue weighted by molar-refractivity contribution is -0.131. The van der Waals surface area contributed by atoms with Crippen LogP contribution in [0, 0.1) is 5.92 Å². The van der Waals surface area contributed by atoms with Crippen LogP contribution in [-0.2, 0) is 9.59 Å². The van der Waals surface area contributed by atoms with E-state index in [0.717, 1.165) is 24.4 Å². The van der Waals surface area contributed by atoms with Crippen molar-refractivity contribution in [3.8, 4) is 0 Å². The first-order valence-electron chi connectivity index (χ1n) is 4.57. The molecule has 15 heavy (non-hydrogen) atoms. The number of aliphatic carboxylic acids is 1. The maximum absolute atomic E-state index is 10.2. The van der Waals surface area contributed by atoms with E-state index in [-0.39, 0.29) is 0 Å². The summed E-state index contributed by atoms with van der Waals surface area (Å²) in [6, 6.07) is 0. The second-order valence-electron chi connectivity index (χ2n) is 3.07. The molecule has 0 bridgehead atoms. The number of carbonyl (C=O) groups excluding carboxylic acids is 1. The molecule has 3 nitrogen and oxygen atoms in total. The molecule has 1 atom stereocenters. The summed E-state index contributed by atoms with van der Waals surface area (Å²) in [5.41, 5.74) is 0.800. The van der Waals surface area contributed by atoms with Crippen molar-refractivity contribution in [3.05, 3.63) is 37.0 Å². The number of carboxylic acid groups (broad SMARTS) is 1. The van der Waals surface area contributed by atoms with Crippen LogP contribution in [0.3, 0.4) is 0 Å². The standard InChI is InChI=1S/C9H14O.C3H4O2/c1-4-5-8(2)6-9(3)7-10;1-2-3(4)5/h4,6-8H,1,5H2,2-3H3;2H,1H2,(H,4,5). The zero-order chi connectivity index (χ0) is 12.3. The molecule has 3 heteroatoms. The monoisotopic (exact) mass is 210 g/mol. The van der Waals surface area contributed by atoms with Gasteiger partial charge >= 0.3 is 5.97 Å². The molecule has 0 amide bonds. The second-order valence-corrected chi connectivity index (χ2v) is 3.07. The fraction of sp³-hybridized carbons (Fsp3) is 0.333. The molecule has 0 aliphatic carbocycles. The summed E-state index contributed by atoms with van der Waals surface area (Å²) < 4.78 is 0. The minimum Gasteiger partial charge on any atom is -0.478 e. The van der Waals surface area contributed by atoms with Crippen molar-refractivity contribution in [2.75, 3.05) is 0 Å². The summed E-state index contributed by atoms with van der Waals surface area (Å²) in [6.07, 6.45) is 6.46. The van der Waals surface area contributed by atoms with Gasteiger partial charge in [0, 0.05) is 6.08 Å². The third-order valence-electron chi connectivity index (χ3n) is 1.45. The summed E-state index contributed by atoms with van der Waals surface area (Å²) in [6.45, 7) is 10.5. The average molecular weight is 210 g/mol. The van der Waals surface area contributed by atoms with Gasteiger partial charge in [0.2, 0.25) is 0 Å². The first-order chi connectivity index (χ1) is 6.97. The van der Waals surface area contributed by atoms with Gasteiger partial charge in [-0.1, -0.05) is 25.7 Å². The summed E-state index contributed by atoms with van der Waals surface area (Å²) in [7, 11) is 0. The Bertz CT molecular complexity index is 252. The van der Waals surface area contributed by atoms with E-state index in [9.17, 15) is 9.59 Å². The third-order valence-corrected chi connectivity index (χ3v) is 1.45. The van der Waals surface area contributed by atoms with Gasteiger partial charge in [-0.2, -0.15) is 0 Å². The van der Waals surface area contributed by atoms with Crippen molar-refractivity contribution in [2.45, 2.75) is 20.3 Å². The smallest absolute Gasteiger partial charge is 0.327 e. The van der Waals surface area contributed by atoms with E-state index in [4.69, 9.17) is 5.11 Å². The highest BCUT2D eigenvalue weighted by molar-refractivity contribution is 5.78. The molecule has 84 valence electrons. The summed E-state index contributed by atoms with van der Waals surface area (Å²) in [5, 5.41) is 7.60. The quantitative estimate of drug-likeness (QED) is 0.431. The largest absolute Gasteiger partial charge is 0.478 e. The normalized spacial score (nSPS) is 11.7. The topological polar surface area (TPSA) is 54.4 Å². The zero-order valence-corrected chi connectivity index (χ0v) is 9.27. The average Bonchev–Trinajstić information content (AvgIpc) is 2.18. The Labute approximate surface area is 90.8 Å². The first kappa shape index (κ1) is 15.8. The van der Waals surface area contributed by atoms with Crippen molar-refractivity contribution in [2.24, 2.45) is 5.92 Å². The Morgan fingerprint density at radius 3 is 2.20 bits per heavy atom. The van der Waals surface area contributed by atoms with Gasteiger partial charge in [-0.25, -0.2) is 4.79 Å². The van der Waals surface area contributed by atoms with Gasteiger partial charge in [0.25, 0.3) is 0 Å². The van der Waals surface area contributed by atoms with E-state index in [0.29, 0.717) is 5.92 Å². The number of carbonyl (C=O) groups is 2. The molecule has 0 spiro atoms. The molecule has 0 aliphatic rings. The van der Waals surface area contributed by atoms with Crippen LogP contribution in [0.5, 0.6) is 0 Å². The molecule has 1 unspecified atom stereocenters. The highest BCUT2D eigenvalue weighted by Gasteiger charge is 1.93. The molecule has 0 fully saturated rings. The SMILES string of the molecule is C=CC(=O)O.C=CCC(C)C=C(C)C=O. The lowest BCUT2D eigenvalue weighted by atomic mass is 10.1. The zero-order valence-electron chi connectivity index (χ0n) is 9.27. The fourth-order valence-electron chi connectivity index (χ4n) is 0.819. The molecule has 0 saturated heterocycles. The van der Waals surface area contributed by atoms with Crippen molar-refractivity contribution in [1.82, 2.24) is 0 Å². The van der Waals surface area contributed by atoms with E-state index in [2.05, 4.69) is 20.1 Å². The number of hydrogen-bond acceptors (Lipinski definition) is 2. The maximum atomic E-state index is 10.2. The highest BCUT2D eigenvalue weighted by atomic mass is 16.4. The minimum absolute atomic E-state index is 0.433. The van der Waals surface area contributed by atoms with E-state index in [1.807, 2.05) is 19.1 Å². The van der Waals surface area contributed by atoms with Crippen LogP contribution in [-0.4, -0.2) is 17.4 Å². The molecule has 0 rings (SSSR count). The van der Waals surface area contributed by atoms with E-state index < -0.39 is 5.97 Å². The molecule has 0 aromatic heterocycles. The molecule has 0 aliphatic heterocycles. The number of hydrogen-bond donors (Lipinski definition) is 1. The Balaban J connectivity index is 0. The number of carboxylic acids is 1. The maximum Gasteiger partial charge on any atom is 0.327 e. The van der Waals surface area contributed by atoms with Crippen molar-refractivity contribution < 1.29 is 14.7 Å². The number of aldehydes is 1. The van der Waals surface area contributed by atoms with Crippen LogP contribution in [0.4, 0.5) is 0 Å². The van der Waals surface area contributed by atoms with E-state index in [1.165, 1.54) is 0 Å². The van der Waals surface area contributed by atoms with Crippen LogP contribution in [0.1, 0.15) is 20.3 Å². The molecule has 0 heterocycles. The molecule has 1 N–H and O–H groups in total. The van der Waals surface area contributed by atoms with Gasteiger partial charge in [0.15, 0.2) is 0 Å². The Morgan fingerprint density at radius 2 is 1.93 bits per heavy atom. The summed E-state index contributed by atoms with van der Waals surface area (Å²) in [5.74, 6) is -0.548. The molecular formula is C12H18O3. The van der Waals surface area contributed by atoms with Gasteiger partial charge in [0.05, 0.1) is 0 Å². The molecule has 0 aromatic carbocycles. The van der Waals surface area contributed by atoms with Crippen LogP contribution in [0.2, 0.25) is 0 Å². The number of allylic oxidation sites excluding steroid dienone is 3. The Hall–Kier alpha value is -1.64. The lowest BCUT2D eigenvalue weighted by Crippen LogP contribution is -1.88. The van der Waals surface area contributed by atoms with Crippen molar-refractivity contribution in [3.63, 3.8) is 0 Å². The predicted molar refractivity (Wildman–Crippen MR) is 61.6 cm³/mol. The van der Waals surface area contributed by atoms with Gasteiger partial charge < -0.3 is 5.11 Å². The van der Waals surface area contributed by atoms with Crippen LogP contribution < -0.4 is 0 Å². The van der Waals surface area contributed by atoms with Crippen molar-refractivity contribution in [1.29, 1.82) is 0 Å². The van der Waals surface area contributed by atoms with Crippen LogP contribution in [0.25, 0.3) is 0 Å². The predicted octanol–water partition coefficient (Wildman–Crippen LogP) is 2.60. The summed E-state index contributed by atoms with van der Waals surface area (Å²) in [4.78, 5) is 19.4. The van der Waals surface area contributed by atoms with E-state index >= 15 is 0 Å². The second kappa shape index (κ2) is 10.4. The first-order valence-corrected chi connectivity index (χ1v) is 4.57. The highest BCUT2D eigenvalue weighted by Crippen LogP contribution is 2.05. The molecular weight excluding hydrogens is 192 g/mol. The van der Waals surface area contributed by atoms with Crippen LogP contribution >= 0.6 is 0 Å². The van der Waals surface area contributed by atoms with Crippen LogP contribution in [0.15, 0.2) is 37.0 Å². The fourth-order valence-corrected chi connectivity index (χ4v) is 0.819. The summed E-state index contributed by atoms with van der Waals surface area (Å²) >= 11 is 0. The third kappa shape index (κ3) is 15.1. The van der Waals surface area contributed by atoms with E-state index in [1.54, 1.807) is 0 Å². The number of rotatable bonds is 5. The minimum atomic E-state index is -0.981. The Morgan fingerprint density at radius 1 is 1.47 bits per heavy atom. The molecule has 0 aromatic rings. The van der Waals surface area contributed by atoms with Gasteiger partial charge in [0.1, 0.15) is 6.29 Å². The van der Waals surface area contributed by atoms with Gasteiger partial charge in [-0.05, 0) is 24.8 Å². The molecule has 0 radical (unpaired) electrons.